The van der Waals surface area contributed by atoms with Gasteiger partial charge in [-0.05, 0) is 76.1 Å². The lowest BCUT2D eigenvalue weighted by Crippen LogP contribution is -2.54. The third-order valence-corrected chi connectivity index (χ3v) is 7.04. The summed E-state index contributed by atoms with van der Waals surface area (Å²) < 4.78 is 11.3. The predicted octanol–water partition coefficient (Wildman–Crippen LogP) is 6.37. The Morgan fingerprint density at radius 3 is 2.20 bits per heavy atom. The van der Waals surface area contributed by atoms with E-state index in [-0.39, 0.29) is 0 Å². The molecule has 2 amide bonds. The van der Waals surface area contributed by atoms with Crippen LogP contribution in [0, 0.1) is 0 Å². The molecular weight excluding hydrogens is 532 g/mol. The number of esters is 1. The second-order valence-corrected chi connectivity index (χ2v) is 11.5. The van der Waals surface area contributed by atoms with Gasteiger partial charge in [0.15, 0.2) is 0 Å². The van der Waals surface area contributed by atoms with E-state index in [9.17, 15) is 14.4 Å². The zero-order valence-corrected chi connectivity index (χ0v) is 23.7. The van der Waals surface area contributed by atoms with Crippen LogP contribution < -0.4 is 9.96 Å². The van der Waals surface area contributed by atoms with Crippen molar-refractivity contribution in [2.24, 2.45) is 0 Å². The number of halogens is 1. The summed E-state index contributed by atoms with van der Waals surface area (Å²) in [6.07, 6.45) is -2.73. The van der Waals surface area contributed by atoms with Gasteiger partial charge in [0.1, 0.15) is 17.1 Å². The van der Waals surface area contributed by atoms with Crippen molar-refractivity contribution in [3.8, 4) is 0 Å². The first-order valence-corrected chi connectivity index (χ1v) is 13.5. The van der Waals surface area contributed by atoms with Crippen LogP contribution in [0.25, 0.3) is 0 Å². The van der Waals surface area contributed by atoms with Gasteiger partial charge in [-0.2, -0.15) is 0 Å². The number of hydrogen-bond acceptors (Lipinski definition) is 7. The highest BCUT2D eigenvalue weighted by Gasteiger charge is 2.71. The van der Waals surface area contributed by atoms with Gasteiger partial charge in [0.05, 0.1) is 17.5 Å². The van der Waals surface area contributed by atoms with Crippen molar-refractivity contribution in [2.45, 2.75) is 63.9 Å². The number of hydrogen-bond donors (Lipinski definition) is 0. The Hall–Kier alpha value is -3.88. The molecule has 8 nitrogen and oxygen atoms in total. The number of para-hydroxylation sites is 2. The normalized spacial score (nSPS) is 22.1. The van der Waals surface area contributed by atoms with Gasteiger partial charge in [-0.25, -0.2) is 19.6 Å². The number of benzene rings is 3. The molecule has 2 aliphatic rings. The van der Waals surface area contributed by atoms with E-state index in [2.05, 4.69) is 0 Å². The number of hydroxylamine groups is 1. The van der Waals surface area contributed by atoms with E-state index < -0.39 is 47.2 Å². The maximum atomic E-state index is 14.8. The molecule has 0 radical (unpaired) electrons. The second kappa shape index (κ2) is 10.3. The molecule has 0 saturated carbocycles. The number of carbonyl (C=O) groups excluding carboxylic acids is 3. The van der Waals surface area contributed by atoms with Gasteiger partial charge < -0.3 is 9.47 Å². The molecule has 3 atom stereocenters. The first-order chi connectivity index (χ1) is 18.9. The van der Waals surface area contributed by atoms with Crippen molar-refractivity contribution in [1.29, 1.82) is 0 Å². The summed E-state index contributed by atoms with van der Waals surface area (Å²) >= 11 is 6.24. The minimum atomic E-state index is -1.71. The van der Waals surface area contributed by atoms with Crippen LogP contribution in [0.5, 0.6) is 0 Å². The molecule has 3 aromatic rings. The maximum Gasteiger partial charge on any atom is 0.421 e. The van der Waals surface area contributed by atoms with Crippen LogP contribution in [0.3, 0.4) is 0 Å². The summed E-state index contributed by atoms with van der Waals surface area (Å²) in [6, 6.07) is 22.2. The van der Waals surface area contributed by atoms with Crippen LogP contribution in [0.15, 0.2) is 78.9 Å². The van der Waals surface area contributed by atoms with Crippen LogP contribution in [0.1, 0.15) is 51.8 Å². The van der Waals surface area contributed by atoms with E-state index in [1.165, 1.54) is 0 Å². The van der Waals surface area contributed by atoms with E-state index in [0.29, 0.717) is 27.5 Å². The number of anilines is 2. The Balaban J connectivity index is 1.80. The molecule has 40 heavy (non-hydrogen) atoms. The molecule has 0 unspecified atom stereocenters. The van der Waals surface area contributed by atoms with Crippen LogP contribution >= 0.6 is 11.6 Å². The second-order valence-electron chi connectivity index (χ2n) is 11.1. The molecule has 208 valence electrons. The van der Waals surface area contributed by atoms with E-state index >= 15 is 0 Å². The fourth-order valence-corrected chi connectivity index (χ4v) is 5.50. The molecule has 1 spiro atoms. The van der Waals surface area contributed by atoms with Crippen molar-refractivity contribution >= 4 is 40.9 Å². The van der Waals surface area contributed by atoms with Gasteiger partial charge >= 0.3 is 12.1 Å². The highest BCUT2D eigenvalue weighted by Crippen LogP contribution is 2.59. The Labute approximate surface area is 238 Å². The largest absolute Gasteiger partial charge is 0.461 e. The van der Waals surface area contributed by atoms with Gasteiger partial charge in [-0.3, -0.25) is 9.63 Å². The number of nitrogens with zero attached hydrogens (tertiary/aromatic N) is 2. The average molecular weight is 563 g/mol. The topological polar surface area (TPSA) is 85.4 Å². The smallest absolute Gasteiger partial charge is 0.421 e. The molecule has 9 heteroatoms. The molecule has 0 N–H and O–H groups in total. The van der Waals surface area contributed by atoms with Crippen molar-refractivity contribution in [3.63, 3.8) is 0 Å². The standard InChI is InChI=1S/C31H31ClN2O6/c1-19(2)38-27(35)26-31(23-13-9-10-14-24(23)33(28(31)36)29(37)39-30(3,4)5)25(20-15-17-21(32)18-16-20)34(40-26)22-11-7-6-8-12-22/h6-19,25-26H,1-5H3/t25-,26+,31-/m1/s1. The molecule has 0 aliphatic carbocycles. The molecular formula is C31H31ClN2O6. The molecule has 1 fully saturated rings. The van der Waals surface area contributed by atoms with Crippen LogP contribution in [0.4, 0.5) is 16.2 Å². The monoisotopic (exact) mass is 562 g/mol. The van der Waals surface area contributed by atoms with Gasteiger partial charge in [-0.15, -0.1) is 0 Å². The summed E-state index contributed by atoms with van der Waals surface area (Å²) in [4.78, 5) is 49.6. The minimum absolute atomic E-state index is 0.321. The number of ether oxygens (including phenoxy) is 2. The summed E-state index contributed by atoms with van der Waals surface area (Å²) in [5.74, 6) is -1.37. The lowest BCUT2D eigenvalue weighted by molar-refractivity contribution is -0.163. The number of amides is 2. The first-order valence-electron chi connectivity index (χ1n) is 13.1. The molecule has 3 aromatic carbocycles. The predicted molar refractivity (Wildman–Crippen MR) is 151 cm³/mol. The molecule has 5 rings (SSSR count). The summed E-state index contributed by atoms with van der Waals surface area (Å²) in [5.41, 5.74) is -0.527. The Morgan fingerprint density at radius 2 is 1.57 bits per heavy atom. The van der Waals surface area contributed by atoms with Gasteiger partial charge in [-0.1, -0.05) is 60.1 Å². The van der Waals surface area contributed by atoms with E-state index in [4.69, 9.17) is 25.9 Å². The summed E-state index contributed by atoms with van der Waals surface area (Å²) in [5, 5.41) is 2.07. The van der Waals surface area contributed by atoms with Crippen molar-refractivity contribution in [1.82, 2.24) is 0 Å². The van der Waals surface area contributed by atoms with Gasteiger partial charge in [0, 0.05) is 5.02 Å². The lowest BCUT2D eigenvalue weighted by atomic mass is 9.69. The van der Waals surface area contributed by atoms with Crippen molar-refractivity contribution < 1.29 is 28.7 Å². The summed E-state index contributed by atoms with van der Waals surface area (Å²) in [6.45, 7) is 8.62. The molecule has 0 aromatic heterocycles. The van der Waals surface area contributed by atoms with Crippen LogP contribution in [0.2, 0.25) is 5.02 Å². The van der Waals surface area contributed by atoms with E-state index in [1.54, 1.807) is 88.2 Å². The molecule has 1 saturated heterocycles. The van der Waals surface area contributed by atoms with Gasteiger partial charge in [0.2, 0.25) is 6.10 Å². The minimum Gasteiger partial charge on any atom is -0.461 e. The first kappa shape index (κ1) is 27.7. The number of rotatable bonds is 4. The van der Waals surface area contributed by atoms with E-state index in [0.717, 1.165) is 4.90 Å². The zero-order valence-electron chi connectivity index (χ0n) is 23.0. The quantitative estimate of drug-likeness (QED) is 0.341. The Morgan fingerprint density at radius 1 is 0.950 bits per heavy atom. The Bertz CT molecular complexity index is 1440. The van der Waals surface area contributed by atoms with Crippen molar-refractivity contribution in [3.05, 3.63) is 95.0 Å². The third-order valence-electron chi connectivity index (χ3n) is 6.78. The highest BCUT2D eigenvalue weighted by atomic mass is 35.5. The zero-order chi connectivity index (χ0) is 28.8. The molecule has 0 bridgehead atoms. The Kier molecular flexibility index (Phi) is 7.10. The summed E-state index contributed by atoms with van der Waals surface area (Å²) in [7, 11) is 0. The number of carbonyl (C=O) groups is 3. The lowest BCUT2D eigenvalue weighted by Gasteiger charge is -2.34. The third kappa shape index (κ3) is 4.61. The fourth-order valence-electron chi connectivity index (χ4n) is 5.37. The number of fused-ring (bicyclic) bond motifs is 2. The highest BCUT2D eigenvalue weighted by molar-refractivity contribution is 6.30. The average Bonchev–Trinajstić information content (AvgIpc) is 3.38. The number of imide groups is 1. The fraction of sp³-hybridized carbons (Fsp3) is 0.323. The molecule has 2 heterocycles. The SMILES string of the molecule is CC(C)OC(=O)[C@@H]1ON(c2ccccc2)[C@H](c2ccc(Cl)cc2)[C@@]12C(=O)N(C(=O)OC(C)(C)C)c1ccccc12. The van der Waals surface area contributed by atoms with Crippen LogP contribution in [-0.2, 0) is 29.3 Å². The van der Waals surface area contributed by atoms with Crippen molar-refractivity contribution in [2.75, 3.05) is 9.96 Å². The van der Waals surface area contributed by atoms with Gasteiger partial charge in [0.25, 0.3) is 5.91 Å². The molecule has 2 aliphatic heterocycles. The van der Waals surface area contributed by atoms with E-state index in [1.807, 2.05) is 30.3 Å². The maximum absolute atomic E-state index is 14.8. The van der Waals surface area contributed by atoms with Crippen LogP contribution in [-0.4, -0.2) is 35.8 Å².